The molecule has 2 aliphatic heterocycles. The minimum Gasteiger partial charge on any atom is -0.490 e. The van der Waals surface area contributed by atoms with Crippen molar-refractivity contribution in [3.63, 3.8) is 0 Å². The number of ether oxygens (including phenoxy) is 2. The third-order valence-electron chi connectivity index (χ3n) is 8.64. The van der Waals surface area contributed by atoms with Gasteiger partial charge in [0.15, 0.2) is 5.82 Å². The molecule has 1 amide bonds. The Morgan fingerprint density at radius 1 is 1.18 bits per heavy atom. The highest BCUT2D eigenvalue weighted by atomic mass is 19.1. The van der Waals surface area contributed by atoms with Gasteiger partial charge in [0.25, 0.3) is 11.8 Å². The lowest BCUT2D eigenvalue weighted by atomic mass is 9.61. The lowest BCUT2D eigenvalue weighted by Crippen LogP contribution is -2.65. The first-order chi connectivity index (χ1) is 21.0. The van der Waals surface area contributed by atoms with Crippen LogP contribution in [0.5, 0.6) is 17.4 Å². The zero-order valence-corrected chi connectivity index (χ0v) is 24.9. The fourth-order valence-corrected chi connectivity index (χ4v) is 6.42. The number of rotatable bonds is 9. The van der Waals surface area contributed by atoms with Gasteiger partial charge in [-0.15, -0.1) is 10.2 Å². The summed E-state index contributed by atoms with van der Waals surface area (Å²) >= 11 is 0. The Kier molecular flexibility index (Phi) is 7.86. The third kappa shape index (κ3) is 5.77. The molecule has 0 atom stereocenters. The van der Waals surface area contributed by atoms with E-state index in [-0.39, 0.29) is 53.8 Å². The summed E-state index contributed by atoms with van der Waals surface area (Å²) in [4.78, 5) is 26.9. The third-order valence-corrected chi connectivity index (χ3v) is 8.64. The van der Waals surface area contributed by atoms with Crippen molar-refractivity contribution in [2.75, 3.05) is 31.1 Å². The highest BCUT2D eigenvalue weighted by molar-refractivity contribution is 5.97. The molecule has 2 fully saturated rings. The van der Waals surface area contributed by atoms with Crippen molar-refractivity contribution in [1.82, 2.24) is 30.0 Å². The lowest BCUT2D eigenvalue weighted by Gasteiger charge is -2.58. The Morgan fingerprint density at radius 2 is 1.95 bits per heavy atom. The van der Waals surface area contributed by atoms with Gasteiger partial charge in [0.05, 0.1) is 5.56 Å². The number of hydrogen-bond acceptors (Lipinski definition) is 12. The van der Waals surface area contributed by atoms with E-state index in [9.17, 15) is 24.5 Å². The summed E-state index contributed by atoms with van der Waals surface area (Å²) in [6.07, 6.45) is 2.15. The average molecular weight is 610 g/mol. The van der Waals surface area contributed by atoms with Crippen molar-refractivity contribution in [3.8, 4) is 17.4 Å². The summed E-state index contributed by atoms with van der Waals surface area (Å²) in [5.41, 5.74) is 1.67. The Labute approximate surface area is 253 Å². The van der Waals surface area contributed by atoms with Crippen LogP contribution in [0.3, 0.4) is 0 Å². The summed E-state index contributed by atoms with van der Waals surface area (Å²) in [6, 6.07) is 5.51. The maximum Gasteiger partial charge on any atom is 0.346 e. The van der Waals surface area contributed by atoms with Gasteiger partial charge in [0, 0.05) is 68.1 Å². The summed E-state index contributed by atoms with van der Waals surface area (Å²) < 4.78 is 26.6. The molecule has 1 aliphatic carbocycles. The van der Waals surface area contributed by atoms with Crippen LogP contribution in [0.25, 0.3) is 0 Å². The first-order valence-electron chi connectivity index (χ1n) is 14.7. The van der Waals surface area contributed by atoms with Crippen molar-refractivity contribution >= 4 is 11.7 Å². The maximum absolute atomic E-state index is 14.2. The van der Waals surface area contributed by atoms with E-state index in [1.165, 1.54) is 24.5 Å². The predicted octanol–water partition coefficient (Wildman–Crippen LogP) is 2.06. The van der Waals surface area contributed by atoms with E-state index in [1.807, 2.05) is 25.7 Å². The number of aromatic nitrogens is 4. The van der Waals surface area contributed by atoms with Crippen LogP contribution in [0, 0.1) is 11.2 Å². The van der Waals surface area contributed by atoms with E-state index in [4.69, 9.17) is 9.47 Å². The molecule has 0 radical (unpaired) electrons. The van der Waals surface area contributed by atoms with Gasteiger partial charge in [-0.25, -0.2) is 14.3 Å². The maximum atomic E-state index is 14.2. The molecule has 234 valence electrons. The van der Waals surface area contributed by atoms with Crippen LogP contribution < -0.4 is 14.4 Å². The number of carbonyl (C=O) groups excluding carboxylic acids is 1. The highest BCUT2D eigenvalue weighted by Crippen LogP contribution is 2.52. The molecule has 14 heteroatoms. The van der Waals surface area contributed by atoms with Crippen molar-refractivity contribution in [3.05, 3.63) is 59.4 Å². The summed E-state index contributed by atoms with van der Waals surface area (Å²) in [6.45, 7) is 7.86. The zero-order valence-electron chi connectivity index (χ0n) is 24.9. The van der Waals surface area contributed by atoms with E-state index in [1.54, 1.807) is 17.2 Å². The van der Waals surface area contributed by atoms with E-state index in [0.717, 1.165) is 29.0 Å². The van der Waals surface area contributed by atoms with Crippen LogP contribution in [-0.2, 0) is 13.0 Å². The SMILES string of the molecule is CCN(C(=O)c1cc(F)ccc1Oc1nncnc1N1CC2(CC(Oc3ccnc4c3CN(C(O)(O)O)CC4)C2)C1)C(C)C. The number of nitrogens with zero attached hydrogens (tertiary/aromatic N) is 7. The second kappa shape index (κ2) is 11.5. The minimum atomic E-state index is -2.91. The van der Waals surface area contributed by atoms with E-state index < -0.39 is 11.9 Å². The molecule has 44 heavy (non-hydrogen) atoms. The van der Waals surface area contributed by atoms with E-state index in [0.29, 0.717) is 37.6 Å². The molecule has 3 aliphatic rings. The largest absolute Gasteiger partial charge is 0.490 e. The Hall–Kier alpha value is -3.98. The second-order valence-corrected chi connectivity index (χ2v) is 12.0. The number of aliphatic hydroxyl groups is 3. The van der Waals surface area contributed by atoms with Crippen molar-refractivity contribution in [1.29, 1.82) is 0 Å². The average Bonchev–Trinajstić information content (AvgIpc) is 2.94. The standard InChI is InChI=1S/C30H36FN7O6/c1-4-38(18(2)3)28(39)21-11-19(31)5-6-24(21)44-27-26(33-17-34-35-27)36-15-29(16-36)12-20(13-29)43-25-7-9-32-23-8-10-37(14-22(23)25)30(40,41)42/h5-7,9,11,17-18,20,40-42H,4,8,10,12-16H2,1-3H3. The monoisotopic (exact) mass is 609 g/mol. The van der Waals surface area contributed by atoms with Gasteiger partial charge in [-0.1, -0.05) is 0 Å². The van der Waals surface area contributed by atoms with Crippen LogP contribution in [0.4, 0.5) is 10.2 Å². The molecule has 0 bridgehead atoms. The molecule has 0 unspecified atom stereocenters. The number of anilines is 1. The number of amides is 1. The van der Waals surface area contributed by atoms with Crippen molar-refractivity contribution in [2.24, 2.45) is 5.41 Å². The Morgan fingerprint density at radius 3 is 2.66 bits per heavy atom. The topological polar surface area (TPSA) is 158 Å². The number of pyridine rings is 1. The summed E-state index contributed by atoms with van der Waals surface area (Å²) in [7, 11) is 0. The zero-order chi connectivity index (χ0) is 31.2. The highest BCUT2D eigenvalue weighted by Gasteiger charge is 2.54. The molecule has 1 saturated carbocycles. The number of fused-ring (bicyclic) bond motifs is 1. The molecule has 4 heterocycles. The fraction of sp³-hybridized carbons (Fsp3) is 0.500. The molecule has 6 rings (SSSR count). The van der Waals surface area contributed by atoms with Gasteiger partial charge in [-0.3, -0.25) is 9.78 Å². The first-order valence-corrected chi connectivity index (χ1v) is 14.7. The van der Waals surface area contributed by atoms with Crippen LogP contribution in [0.1, 0.15) is 55.2 Å². The van der Waals surface area contributed by atoms with E-state index >= 15 is 0 Å². The Balaban J connectivity index is 1.11. The van der Waals surface area contributed by atoms with Crippen LogP contribution >= 0.6 is 0 Å². The van der Waals surface area contributed by atoms with E-state index in [2.05, 4.69) is 20.2 Å². The summed E-state index contributed by atoms with van der Waals surface area (Å²) in [5, 5.41) is 37.0. The fourth-order valence-electron chi connectivity index (χ4n) is 6.42. The second-order valence-electron chi connectivity index (χ2n) is 12.0. The van der Waals surface area contributed by atoms with Gasteiger partial charge >= 0.3 is 6.10 Å². The smallest absolute Gasteiger partial charge is 0.346 e. The number of benzene rings is 1. The number of carbonyl (C=O) groups is 1. The Bertz CT molecular complexity index is 1540. The molecular weight excluding hydrogens is 573 g/mol. The molecule has 1 aromatic carbocycles. The van der Waals surface area contributed by atoms with Crippen molar-refractivity contribution in [2.45, 2.75) is 64.8 Å². The molecule has 2 aromatic heterocycles. The minimum absolute atomic E-state index is 0.0261. The molecule has 1 saturated heterocycles. The van der Waals surface area contributed by atoms with Crippen LogP contribution in [0.15, 0.2) is 36.8 Å². The van der Waals surface area contributed by atoms with Crippen molar-refractivity contribution < 1.29 is 34.0 Å². The predicted molar refractivity (Wildman–Crippen MR) is 154 cm³/mol. The molecular formula is C30H36FN7O6. The van der Waals surface area contributed by atoms with Gasteiger partial charge in [0.1, 0.15) is 29.7 Å². The van der Waals surface area contributed by atoms with Gasteiger partial charge in [-0.05, 0) is 57.9 Å². The van der Waals surface area contributed by atoms with Gasteiger partial charge in [-0.2, -0.15) is 0 Å². The molecule has 3 N–H and O–H groups in total. The normalized spacial score (nSPS) is 18.0. The summed E-state index contributed by atoms with van der Waals surface area (Å²) in [5.74, 6) is 0.523. The number of halogens is 1. The van der Waals surface area contributed by atoms with Gasteiger partial charge in [0.2, 0.25) is 0 Å². The van der Waals surface area contributed by atoms with Gasteiger partial charge < -0.3 is 34.6 Å². The quantitative estimate of drug-likeness (QED) is 0.304. The molecule has 1 spiro atoms. The van der Waals surface area contributed by atoms with Crippen LogP contribution in [0.2, 0.25) is 0 Å². The lowest BCUT2D eigenvalue weighted by molar-refractivity contribution is -0.396. The van der Waals surface area contributed by atoms with Crippen LogP contribution in [-0.4, -0.2) is 95.6 Å². The molecule has 3 aromatic rings. The molecule has 13 nitrogen and oxygen atoms in total. The first kappa shape index (κ1) is 30.1. The number of hydrogen-bond donors (Lipinski definition) is 3.